The van der Waals surface area contributed by atoms with Gasteiger partial charge in [0.25, 0.3) is 5.91 Å². The summed E-state index contributed by atoms with van der Waals surface area (Å²) in [4.78, 5) is 25.0. The van der Waals surface area contributed by atoms with Crippen molar-refractivity contribution in [2.24, 2.45) is 5.73 Å². The van der Waals surface area contributed by atoms with Crippen LogP contribution in [-0.4, -0.2) is 24.0 Å². The maximum absolute atomic E-state index is 11.4. The number of fused-ring (bicyclic) bond motifs is 1. The van der Waals surface area contributed by atoms with E-state index < -0.39 is 11.8 Å². The van der Waals surface area contributed by atoms with Crippen LogP contribution in [0.15, 0.2) is 27.4 Å². The average Bonchev–Trinajstić information content (AvgIpc) is 2.68. The Balaban J connectivity index is 2.16. The molecule has 1 unspecified atom stereocenters. The van der Waals surface area contributed by atoms with Crippen molar-refractivity contribution >= 4 is 17.0 Å². The Labute approximate surface area is 102 Å². The summed E-state index contributed by atoms with van der Waals surface area (Å²) in [5.41, 5.74) is 12.6. The number of carbonyl (C=O) groups excluding carboxylic acids is 1. The maximum Gasteiger partial charge on any atom is 0.417 e. The van der Waals surface area contributed by atoms with Gasteiger partial charge in [-0.25, -0.2) is 10.2 Å². The fourth-order valence-electron chi connectivity index (χ4n) is 1.69. The SMILES string of the molecule is CNNC(=O)C(N)Cc1ccc2oc(=O)[nH]c2c1. The Morgan fingerprint density at radius 3 is 3.06 bits per heavy atom. The number of aromatic amines is 1. The number of hydrogen-bond donors (Lipinski definition) is 4. The third-order valence-corrected chi connectivity index (χ3v) is 2.52. The summed E-state index contributed by atoms with van der Waals surface area (Å²) >= 11 is 0. The molecule has 1 amide bonds. The van der Waals surface area contributed by atoms with Crippen LogP contribution in [0.2, 0.25) is 0 Å². The molecule has 0 fully saturated rings. The van der Waals surface area contributed by atoms with Gasteiger partial charge in [0.15, 0.2) is 5.58 Å². The van der Waals surface area contributed by atoms with Crippen molar-refractivity contribution < 1.29 is 9.21 Å². The largest absolute Gasteiger partial charge is 0.417 e. The molecule has 2 rings (SSSR count). The van der Waals surface area contributed by atoms with Crippen LogP contribution in [0.4, 0.5) is 0 Å². The Morgan fingerprint density at radius 1 is 1.56 bits per heavy atom. The molecule has 1 aromatic carbocycles. The molecule has 0 spiro atoms. The molecule has 1 heterocycles. The Bertz CT molecular complexity index is 616. The summed E-state index contributed by atoms with van der Waals surface area (Å²) < 4.78 is 4.88. The van der Waals surface area contributed by atoms with Crippen LogP contribution >= 0.6 is 0 Å². The highest BCUT2D eigenvalue weighted by atomic mass is 16.4. The first kappa shape index (κ1) is 12.3. The fraction of sp³-hybridized carbons (Fsp3) is 0.273. The lowest BCUT2D eigenvalue weighted by Crippen LogP contribution is -2.46. The van der Waals surface area contributed by atoms with Crippen LogP contribution < -0.4 is 22.3 Å². The first-order valence-corrected chi connectivity index (χ1v) is 5.44. The van der Waals surface area contributed by atoms with E-state index in [1.54, 1.807) is 25.2 Å². The van der Waals surface area contributed by atoms with Gasteiger partial charge in [-0.15, -0.1) is 0 Å². The normalized spacial score (nSPS) is 12.6. The van der Waals surface area contributed by atoms with E-state index in [-0.39, 0.29) is 5.91 Å². The van der Waals surface area contributed by atoms with Crippen molar-refractivity contribution in [3.05, 3.63) is 34.3 Å². The van der Waals surface area contributed by atoms with Crippen LogP contribution in [0.1, 0.15) is 5.56 Å². The fourth-order valence-corrected chi connectivity index (χ4v) is 1.69. The Hall–Kier alpha value is -2.12. The number of hydrazine groups is 1. The predicted octanol–water partition coefficient (Wildman–Crippen LogP) is -0.758. The molecule has 7 nitrogen and oxygen atoms in total. The number of H-pyrrole nitrogens is 1. The quantitative estimate of drug-likeness (QED) is 0.533. The molecule has 18 heavy (non-hydrogen) atoms. The molecule has 0 radical (unpaired) electrons. The van der Waals surface area contributed by atoms with Crippen LogP contribution in [0.25, 0.3) is 11.1 Å². The second kappa shape index (κ2) is 5.03. The summed E-state index contributed by atoms with van der Waals surface area (Å²) in [6, 6.07) is 4.53. The van der Waals surface area contributed by atoms with E-state index in [9.17, 15) is 9.59 Å². The van der Waals surface area contributed by atoms with Gasteiger partial charge in [-0.1, -0.05) is 6.07 Å². The van der Waals surface area contributed by atoms with E-state index in [1.807, 2.05) is 0 Å². The lowest BCUT2D eigenvalue weighted by molar-refractivity contribution is -0.123. The van der Waals surface area contributed by atoms with Crippen molar-refractivity contribution in [1.29, 1.82) is 0 Å². The molecule has 1 aromatic heterocycles. The van der Waals surface area contributed by atoms with Gasteiger partial charge < -0.3 is 10.2 Å². The molecule has 0 saturated heterocycles. The summed E-state index contributed by atoms with van der Waals surface area (Å²) in [5.74, 6) is -0.794. The first-order valence-electron chi connectivity index (χ1n) is 5.44. The molecule has 5 N–H and O–H groups in total. The van der Waals surface area contributed by atoms with E-state index in [4.69, 9.17) is 10.2 Å². The third-order valence-electron chi connectivity index (χ3n) is 2.52. The van der Waals surface area contributed by atoms with Crippen molar-refractivity contribution in [2.75, 3.05) is 7.05 Å². The zero-order chi connectivity index (χ0) is 13.1. The molecule has 2 aromatic rings. The standard InChI is InChI=1S/C11H14N4O3/c1-13-15-10(16)7(12)4-6-2-3-9-8(5-6)14-11(17)18-9/h2-3,5,7,13H,4,12H2,1H3,(H,14,17)(H,15,16). The molecule has 96 valence electrons. The van der Waals surface area contributed by atoms with E-state index in [1.165, 1.54) is 0 Å². The molecule has 0 bridgehead atoms. The van der Waals surface area contributed by atoms with E-state index in [2.05, 4.69) is 15.8 Å². The molecule has 0 saturated carbocycles. The van der Waals surface area contributed by atoms with E-state index in [0.29, 0.717) is 17.5 Å². The average molecular weight is 250 g/mol. The minimum absolute atomic E-state index is 0.293. The van der Waals surface area contributed by atoms with Crippen molar-refractivity contribution in [3.8, 4) is 0 Å². The van der Waals surface area contributed by atoms with Gasteiger partial charge in [0.05, 0.1) is 11.6 Å². The summed E-state index contributed by atoms with van der Waals surface area (Å²) in [6.45, 7) is 0. The topological polar surface area (TPSA) is 113 Å². The van der Waals surface area contributed by atoms with E-state index in [0.717, 1.165) is 5.56 Å². The minimum atomic E-state index is -0.659. The smallest absolute Gasteiger partial charge is 0.408 e. The van der Waals surface area contributed by atoms with Crippen LogP contribution in [0.5, 0.6) is 0 Å². The zero-order valence-corrected chi connectivity index (χ0v) is 9.82. The number of nitrogens with one attached hydrogen (secondary N) is 3. The zero-order valence-electron chi connectivity index (χ0n) is 9.82. The van der Waals surface area contributed by atoms with Gasteiger partial charge in [-0.3, -0.25) is 15.2 Å². The lowest BCUT2D eigenvalue weighted by atomic mass is 10.1. The number of aromatic nitrogens is 1. The molecule has 0 aliphatic carbocycles. The van der Waals surface area contributed by atoms with Gasteiger partial charge >= 0.3 is 5.76 Å². The number of amides is 1. The Kier molecular flexibility index (Phi) is 3.45. The van der Waals surface area contributed by atoms with Gasteiger partial charge in [0.1, 0.15) is 0 Å². The number of benzene rings is 1. The number of carbonyl (C=O) groups is 1. The molecular formula is C11H14N4O3. The van der Waals surface area contributed by atoms with Gasteiger partial charge in [-0.2, -0.15) is 0 Å². The monoisotopic (exact) mass is 250 g/mol. The summed E-state index contributed by atoms with van der Waals surface area (Å²) in [7, 11) is 1.59. The second-order valence-corrected chi connectivity index (χ2v) is 3.89. The van der Waals surface area contributed by atoms with Crippen LogP contribution in [0, 0.1) is 0 Å². The summed E-state index contributed by atoms with van der Waals surface area (Å²) in [6.07, 6.45) is 0.372. The number of oxazole rings is 1. The highest BCUT2D eigenvalue weighted by molar-refractivity contribution is 5.81. The van der Waals surface area contributed by atoms with Crippen LogP contribution in [-0.2, 0) is 11.2 Å². The highest BCUT2D eigenvalue weighted by Crippen LogP contribution is 2.13. The number of nitrogens with two attached hydrogens (primary N) is 1. The molecule has 1 atom stereocenters. The maximum atomic E-state index is 11.4. The predicted molar refractivity (Wildman–Crippen MR) is 65.7 cm³/mol. The second-order valence-electron chi connectivity index (χ2n) is 3.89. The number of hydrogen-bond acceptors (Lipinski definition) is 5. The van der Waals surface area contributed by atoms with Crippen molar-refractivity contribution in [3.63, 3.8) is 0 Å². The van der Waals surface area contributed by atoms with Crippen molar-refractivity contribution in [2.45, 2.75) is 12.5 Å². The molecule has 0 aliphatic heterocycles. The van der Waals surface area contributed by atoms with Gasteiger partial charge in [0, 0.05) is 7.05 Å². The first-order chi connectivity index (χ1) is 8.60. The number of rotatable bonds is 4. The molecule has 7 heteroatoms. The molecule has 0 aliphatic rings. The third kappa shape index (κ3) is 2.58. The lowest BCUT2D eigenvalue weighted by Gasteiger charge is -2.11. The summed E-state index contributed by atoms with van der Waals surface area (Å²) in [5, 5.41) is 0. The van der Waals surface area contributed by atoms with Gasteiger partial charge in [-0.05, 0) is 24.1 Å². The van der Waals surface area contributed by atoms with Crippen molar-refractivity contribution in [1.82, 2.24) is 15.8 Å². The van der Waals surface area contributed by atoms with Crippen LogP contribution in [0.3, 0.4) is 0 Å². The van der Waals surface area contributed by atoms with Gasteiger partial charge in [0.2, 0.25) is 0 Å². The Morgan fingerprint density at radius 2 is 2.33 bits per heavy atom. The molecular weight excluding hydrogens is 236 g/mol. The minimum Gasteiger partial charge on any atom is -0.408 e. The van der Waals surface area contributed by atoms with E-state index >= 15 is 0 Å². The highest BCUT2D eigenvalue weighted by Gasteiger charge is 2.13.